The molecule has 1 amide bonds. The molecule has 2 rings (SSSR count). The Morgan fingerprint density at radius 3 is 2.68 bits per heavy atom. The molecule has 0 saturated heterocycles. The molecule has 1 aromatic heterocycles. The van der Waals surface area contributed by atoms with E-state index in [0.29, 0.717) is 17.9 Å². The second-order valence-corrected chi connectivity index (χ2v) is 4.87. The standard InChI is InChI=1S/C14H14BrN3O/c1-16-13-12(3-2-8-17-13)14(19)18-9-10-4-6-11(15)7-5-10/h2-8H,9H2,1H3,(H,16,17)(H,18,19). The number of aromatic nitrogens is 1. The van der Waals surface area contributed by atoms with Crippen molar-refractivity contribution in [1.82, 2.24) is 10.3 Å². The van der Waals surface area contributed by atoms with Gasteiger partial charge in [0, 0.05) is 24.3 Å². The van der Waals surface area contributed by atoms with Crippen LogP contribution in [0.5, 0.6) is 0 Å². The van der Waals surface area contributed by atoms with Gasteiger partial charge in [0.2, 0.25) is 0 Å². The van der Waals surface area contributed by atoms with Gasteiger partial charge in [-0.25, -0.2) is 4.98 Å². The lowest BCUT2D eigenvalue weighted by molar-refractivity contribution is 0.0951. The Labute approximate surface area is 120 Å². The van der Waals surface area contributed by atoms with Crippen molar-refractivity contribution in [3.05, 3.63) is 58.2 Å². The molecule has 2 aromatic rings. The van der Waals surface area contributed by atoms with Crippen molar-refractivity contribution < 1.29 is 4.79 Å². The molecule has 0 radical (unpaired) electrons. The zero-order valence-electron chi connectivity index (χ0n) is 10.5. The predicted molar refractivity (Wildman–Crippen MR) is 79.1 cm³/mol. The number of pyridine rings is 1. The summed E-state index contributed by atoms with van der Waals surface area (Å²) in [6.07, 6.45) is 1.65. The maximum absolute atomic E-state index is 12.1. The van der Waals surface area contributed by atoms with E-state index in [0.717, 1.165) is 10.0 Å². The topological polar surface area (TPSA) is 54.0 Å². The summed E-state index contributed by atoms with van der Waals surface area (Å²) in [4.78, 5) is 16.2. The summed E-state index contributed by atoms with van der Waals surface area (Å²) in [6.45, 7) is 0.490. The number of anilines is 1. The van der Waals surface area contributed by atoms with Crippen LogP contribution in [0, 0.1) is 0 Å². The zero-order chi connectivity index (χ0) is 13.7. The highest BCUT2D eigenvalue weighted by Crippen LogP contribution is 2.12. The van der Waals surface area contributed by atoms with E-state index in [1.165, 1.54) is 0 Å². The quantitative estimate of drug-likeness (QED) is 0.911. The van der Waals surface area contributed by atoms with Crippen LogP contribution in [0.1, 0.15) is 15.9 Å². The Balaban J connectivity index is 2.03. The molecule has 0 unspecified atom stereocenters. The molecule has 0 saturated carbocycles. The lowest BCUT2D eigenvalue weighted by atomic mass is 10.2. The highest BCUT2D eigenvalue weighted by Gasteiger charge is 2.10. The van der Waals surface area contributed by atoms with Crippen LogP contribution < -0.4 is 10.6 Å². The second-order valence-electron chi connectivity index (χ2n) is 3.96. The van der Waals surface area contributed by atoms with Gasteiger partial charge in [0.05, 0.1) is 5.56 Å². The first-order chi connectivity index (χ1) is 9.20. The van der Waals surface area contributed by atoms with Crippen LogP contribution in [0.25, 0.3) is 0 Å². The summed E-state index contributed by atoms with van der Waals surface area (Å²) in [7, 11) is 1.74. The van der Waals surface area contributed by atoms with E-state index in [4.69, 9.17) is 0 Å². The Kier molecular flexibility index (Phi) is 4.52. The first kappa shape index (κ1) is 13.5. The molecule has 0 aliphatic rings. The normalized spacial score (nSPS) is 10.0. The fraction of sp³-hybridized carbons (Fsp3) is 0.143. The fourth-order valence-corrected chi connectivity index (χ4v) is 1.93. The number of hydrogen-bond acceptors (Lipinski definition) is 3. The predicted octanol–water partition coefficient (Wildman–Crippen LogP) is 2.82. The SMILES string of the molecule is CNc1ncccc1C(=O)NCc1ccc(Br)cc1. The average molecular weight is 320 g/mol. The van der Waals surface area contributed by atoms with Crippen LogP contribution in [0.3, 0.4) is 0 Å². The number of nitrogens with zero attached hydrogens (tertiary/aromatic N) is 1. The Morgan fingerprint density at radius 1 is 1.26 bits per heavy atom. The number of carbonyl (C=O) groups excluding carboxylic acids is 1. The largest absolute Gasteiger partial charge is 0.372 e. The maximum atomic E-state index is 12.1. The lowest BCUT2D eigenvalue weighted by Crippen LogP contribution is -2.24. The van der Waals surface area contributed by atoms with E-state index in [2.05, 4.69) is 31.5 Å². The number of hydrogen-bond donors (Lipinski definition) is 2. The molecular formula is C14H14BrN3O. The molecule has 0 spiro atoms. The van der Waals surface area contributed by atoms with Crippen molar-refractivity contribution in [3.63, 3.8) is 0 Å². The van der Waals surface area contributed by atoms with E-state index in [1.807, 2.05) is 24.3 Å². The third kappa shape index (κ3) is 3.54. The van der Waals surface area contributed by atoms with Crippen LogP contribution >= 0.6 is 15.9 Å². The van der Waals surface area contributed by atoms with Gasteiger partial charge in [-0.2, -0.15) is 0 Å². The van der Waals surface area contributed by atoms with Gasteiger partial charge in [0.25, 0.3) is 5.91 Å². The summed E-state index contributed by atoms with van der Waals surface area (Å²) in [5.41, 5.74) is 1.59. The van der Waals surface area contributed by atoms with Gasteiger partial charge in [-0.15, -0.1) is 0 Å². The third-order valence-corrected chi connectivity index (χ3v) is 3.18. The molecule has 19 heavy (non-hydrogen) atoms. The highest BCUT2D eigenvalue weighted by atomic mass is 79.9. The molecule has 0 aliphatic heterocycles. The van der Waals surface area contributed by atoms with E-state index >= 15 is 0 Å². The van der Waals surface area contributed by atoms with Gasteiger partial charge in [-0.1, -0.05) is 28.1 Å². The van der Waals surface area contributed by atoms with Crippen LogP contribution in [0.2, 0.25) is 0 Å². The smallest absolute Gasteiger partial charge is 0.255 e. The van der Waals surface area contributed by atoms with Gasteiger partial charge in [-0.3, -0.25) is 4.79 Å². The summed E-state index contributed by atoms with van der Waals surface area (Å²) in [5, 5.41) is 5.78. The van der Waals surface area contributed by atoms with E-state index in [1.54, 1.807) is 25.4 Å². The minimum Gasteiger partial charge on any atom is -0.372 e. The molecule has 0 aliphatic carbocycles. The molecule has 0 fully saturated rings. The van der Waals surface area contributed by atoms with Crippen LogP contribution in [-0.4, -0.2) is 17.9 Å². The molecule has 2 N–H and O–H groups in total. The highest BCUT2D eigenvalue weighted by molar-refractivity contribution is 9.10. The molecular weight excluding hydrogens is 306 g/mol. The van der Waals surface area contributed by atoms with Crippen molar-refractivity contribution >= 4 is 27.7 Å². The van der Waals surface area contributed by atoms with Crippen molar-refractivity contribution in [2.45, 2.75) is 6.54 Å². The molecule has 1 heterocycles. The monoisotopic (exact) mass is 319 g/mol. The lowest BCUT2D eigenvalue weighted by Gasteiger charge is -2.08. The van der Waals surface area contributed by atoms with E-state index in [-0.39, 0.29) is 5.91 Å². The Hall–Kier alpha value is -1.88. The number of amides is 1. The first-order valence-electron chi connectivity index (χ1n) is 5.86. The molecule has 0 atom stereocenters. The molecule has 0 bridgehead atoms. The number of rotatable bonds is 4. The molecule has 1 aromatic carbocycles. The van der Waals surface area contributed by atoms with Crippen molar-refractivity contribution in [3.8, 4) is 0 Å². The molecule has 98 valence electrons. The van der Waals surface area contributed by atoms with Gasteiger partial charge >= 0.3 is 0 Å². The van der Waals surface area contributed by atoms with Crippen LogP contribution in [0.15, 0.2) is 47.1 Å². The summed E-state index contributed by atoms with van der Waals surface area (Å²) in [6, 6.07) is 11.3. The van der Waals surface area contributed by atoms with Gasteiger partial charge in [-0.05, 0) is 29.8 Å². The minimum atomic E-state index is -0.139. The van der Waals surface area contributed by atoms with E-state index in [9.17, 15) is 4.79 Å². The van der Waals surface area contributed by atoms with Crippen molar-refractivity contribution in [2.24, 2.45) is 0 Å². The van der Waals surface area contributed by atoms with Crippen LogP contribution in [0.4, 0.5) is 5.82 Å². The number of carbonyl (C=O) groups is 1. The average Bonchev–Trinajstić information content (AvgIpc) is 2.46. The minimum absolute atomic E-state index is 0.139. The van der Waals surface area contributed by atoms with Gasteiger partial charge in [0.1, 0.15) is 5.82 Å². The summed E-state index contributed by atoms with van der Waals surface area (Å²) >= 11 is 3.38. The van der Waals surface area contributed by atoms with Crippen molar-refractivity contribution in [2.75, 3.05) is 12.4 Å². The number of nitrogens with one attached hydrogen (secondary N) is 2. The zero-order valence-corrected chi connectivity index (χ0v) is 12.1. The third-order valence-electron chi connectivity index (χ3n) is 2.66. The molecule has 4 nitrogen and oxygen atoms in total. The molecule has 5 heteroatoms. The summed E-state index contributed by atoms with van der Waals surface area (Å²) in [5.74, 6) is 0.441. The Morgan fingerprint density at radius 2 is 2.00 bits per heavy atom. The summed E-state index contributed by atoms with van der Waals surface area (Å²) < 4.78 is 1.02. The number of benzene rings is 1. The fourth-order valence-electron chi connectivity index (χ4n) is 1.67. The van der Waals surface area contributed by atoms with Gasteiger partial charge < -0.3 is 10.6 Å². The first-order valence-corrected chi connectivity index (χ1v) is 6.65. The van der Waals surface area contributed by atoms with Crippen LogP contribution in [-0.2, 0) is 6.54 Å². The maximum Gasteiger partial charge on any atom is 0.255 e. The Bertz CT molecular complexity index is 569. The van der Waals surface area contributed by atoms with Crippen molar-refractivity contribution in [1.29, 1.82) is 0 Å². The number of halogens is 1. The van der Waals surface area contributed by atoms with Gasteiger partial charge in [0.15, 0.2) is 0 Å². The van der Waals surface area contributed by atoms with E-state index < -0.39 is 0 Å². The second kappa shape index (κ2) is 6.33.